The number of ether oxygens (including phenoxy) is 1. The fourth-order valence-electron chi connectivity index (χ4n) is 4.88. The van der Waals surface area contributed by atoms with Crippen molar-refractivity contribution in [3.63, 3.8) is 0 Å². The standard InChI is InChI=1S/C29H30FN3O4S/c1-16-11-23(25(34)12-17(16)2)27(35)32-20-4-6-21(7-5-20)33-28(36)24-13-19(30)15-31-29(24)37-22-8-3-18-9-10-38-26(18)14-22/h3,8,11-15,20-21,34H,4-7,9-10H2,1-2H3,(H,32,35)(H,33,36). The molecule has 3 N–H and O–H groups in total. The lowest BCUT2D eigenvalue weighted by Gasteiger charge is -2.30. The average Bonchev–Trinajstić information content (AvgIpc) is 3.36. The highest BCUT2D eigenvalue weighted by Gasteiger charge is 2.27. The van der Waals surface area contributed by atoms with Crippen LogP contribution >= 0.6 is 11.8 Å². The summed E-state index contributed by atoms with van der Waals surface area (Å²) >= 11 is 1.75. The molecule has 2 aliphatic rings. The van der Waals surface area contributed by atoms with E-state index in [2.05, 4.69) is 15.6 Å². The van der Waals surface area contributed by atoms with Crippen LogP contribution in [0.15, 0.2) is 47.5 Å². The van der Waals surface area contributed by atoms with Crippen LogP contribution in [-0.2, 0) is 6.42 Å². The first kappa shape index (κ1) is 26.0. The predicted molar refractivity (Wildman–Crippen MR) is 144 cm³/mol. The zero-order chi connectivity index (χ0) is 26.8. The number of fused-ring (bicyclic) bond motifs is 1. The molecule has 1 aliphatic carbocycles. The zero-order valence-electron chi connectivity index (χ0n) is 21.3. The largest absolute Gasteiger partial charge is 0.507 e. The van der Waals surface area contributed by atoms with Crippen molar-refractivity contribution in [2.24, 2.45) is 0 Å². The molecule has 0 bridgehead atoms. The maximum absolute atomic E-state index is 14.0. The number of halogens is 1. The van der Waals surface area contributed by atoms with Gasteiger partial charge in [0.15, 0.2) is 0 Å². The summed E-state index contributed by atoms with van der Waals surface area (Å²) in [6.45, 7) is 3.78. The van der Waals surface area contributed by atoms with Crippen molar-refractivity contribution in [2.75, 3.05) is 5.75 Å². The smallest absolute Gasteiger partial charge is 0.257 e. The van der Waals surface area contributed by atoms with Crippen molar-refractivity contribution in [1.82, 2.24) is 15.6 Å². The van der Waals surface area contributed by atoms with Crippen molar-refractivity contribution < 1.29 is 23.8 Å². The Kier molecular flexibility index (Phi) is 7.56. The number of benzene rings is 2. The highest BCUT2D eigenvalue weighted by atomic mass is 32.2. The predicted octanol–water partition coefficient (Wildman–Crippen LogP) is 5.45. The van der Waals surface area contributed by atoms with E-state index >= 15 is 0 Å². The van der Waals surface area contributed by atoms with Gasteiger partial charge >= 0.3 is 0 Å². The van der Waals surface area contributed by atoms with Crippen molar-refractivity contribution in [1.29, 1.82) is 0 Å². The van der Waals surface area contributed by atoms with Gasteiger partial charge in [0.05, 0.1) is 11.8 Å². The Labute approximate surface area is 225 Å². The van der Waals surface area contributed by atoms with Gasteiger partial charge < -0.3 is 20.5 Å². The number of phenolic OH excluding ortho intramolecular Hbond substituents is 1. The van der Waals surface area contributed by atoms with Gasteiger partial charge in [-0.2, -0.15) is 0 Å². The van der Waals surface area contributed by atoms with E-state index in [1.807, 2.05) is 32.0 Å². The maximum atomic E-state index is 14.0. The van der Waals surface area contributed by atoms with Crippen LogP contribution in [0.2, 0.25) is 0 Å². The van der Waals surface area contributed by atoms with Crippen LogP contribution in [0.5, 0.6) is 17.4 Å². The number of pyridine rings is 1. The quantitative estimate of drug-likeness (QED) is 0.388. The molecular weight excluding hydrogens is 505 g/mol. The number of nitrogens with zero attached hydrogens (tertiary/aromatic N) is 1. The van der Waals surface area contributed by atoms with Gasteiger partial charge in [-0.25, -0.2) is 9.37 Å². The third kappa shape index (κ3) is 5.78. The van der Waals surface area contributed by atoms with Gasteiger partial charge in [-0.15, -0.1) is 11.8 Å². The molecule has 3 aromatic rings. The number of hydrogen-bond acceptors (Lipinski definition) is 6. The number of aromatic nitrogens is 1. The minimum Gasteiger partial charge on any atom is -0.507 e. The Morgan fingerprint density at radius 1 is 0.974 bits per heavy atom. The first-order chi connectivity index (χ1) is 18.3. The van der Waals surface area contributed by atoms with E-state index < -0.39 is 11.7 Å². The Morgan fingerprint density at radius 2 is 1.63 bits per heavy atom. The fourth-order valence-corrected chi connectivity index (χ4v) is 5.98. The van der Waals surface area contributed by atoms with Crippen LogP contribution in [0, 0.1) is 19.7 Å². The minimum atomic E-state index is -0.618. The molecule has 5 rings (SSSR count). The highest BCUT2D eigenvalue weighted by Crippen LogP contribution is 2.35. The molecule has 0 unspecified atom stereocenters. The molecule has 1 saturated carbocycles. The molecule has 198 valence electrons. The Bertz CT molecular complexity index is 1390. The Morgan fingerprint density at radius 3 is 2.34 bits per heavy atom. The lowest BCUT2D eigenvalue weighted by Crippen LogP contribution is -2.44. The second kappa shape index (κ2) is 11.0. The van der Waals surface area contributed by atoms with Gasteiger partial charge in [0.25, 0.3) is 11.8 Å². The summed E-state index contributed by atoms with van der Waals surface area (Å²) in [6.07, 6.45) is 4.69. The lowest BCUT2D eigenvalue weighted by molar-refractivity contribution is 0.0888. The van der Waals surface area contributed by atoms with Crippen molar-refractivity contribution >= 4 is 23.6 Å². The number of rotatable bonds is 6. The van der Waals surface area contributed by atoms with Crippen molar-refractivity contribution in [3.05, 3.63) is 76.2 Å². The van der Waals surface area contributed by atoms with Crippen LogP contribution < -0.4 is 15.4 Å². The van der Waals surface area contributed by atoms with E-state index in [4.69, 9.17) is 4.74 Å². The van der Waals surface area contributed by atoms with E-state index in [-0.39, 0.29) is 40.7 Å². The number of phenols is 1. The molecule has 1 aliphatic heterocycles. The second-order valence-corrected chi connectivity index (χ2v) is 11.1. The molecule has 0 saturated heterocycles. The molecule has 0 spiro atoms. The summed E-state index contributed by atoms with van der Waals surface area (Å²) in [4.78, 5) is 31.0. The molecule has 1 fully saturated rings. The third-order valence-corrected chi connectivity index (χ3v) is 8.30. The SMILES string of the molecule is Cc1cc(O)c(C(=O)NC2CCC(NC(=O)c3cc(F)cnc3Oc3ccc4c(c3)SCC4)CC2)cc1C. The number of aromatic hydroxyl groups is 1. The Balaban J connectivity index is 1.19. The molecular formula is C29H30FN3O4S. The normalized spacial score (nSPS) is 18.5. The number of thioether (sulfide) groups is 1. The van der Waals surface area contributed by atoms with Gasteiger partial charge in [0.2, 0.25) is 5.88 Å². The monoisotopic (exact) mass is 535 g/mol. The molecule has 1 aromatic heterocycles. The number of aryl methyl sites for hydroxylation is 3. The molecule has 2 amide bonds. The molecule has 2 heterocycles. The van der Waals surface area contributed by atoms with E-state index in [9.17, 15) is 19.1 Å². The number of nitrogens with one attached hydrogen (secondary N) is 2. The van der Waals surface area contributed by atoms with Gasteiger partial charge in [-0.1, -0.05) is 6.07 Å². The van der Waals surface area contributed by atoms with E-state index in [0.717, 1.165) is 40.5 Å². The summed E-state index contributed by atoms with van der Waals surface area (Å²) < 4.78 is 19.9. The van der Waals surface area contributed by atoms with Crippen molar-refractivity contribution in [3.8, 4) is 17.4 Å². The number of hydrogen-bond donors (Lipinski definition) is 3. The fraction of sp³-hybridized carbons (Fsp3) is 0.345. The average molecular weight is 536 g/mol. The van der Waals surface area contributed by atoms with Crippen LogP contribution in [0.3, 0.4) is 0 Å². The highest BCUT2D eigenvalue weighted by molar-refractivity contribution is 7.99. The summed E-state index contributed by atoms with van der Waals surface area (Å²) in [5.41, 5.74) is 3.42. The zero-order valence-corrected chi connectivity index (χ0v) is 22.2. The maximum Gasteiger partial charge on any atom is 0.257 e. The second-order valence-electron chi connectivity index (χ2n) is 9.93. The molecule has 7 nitrogen and oxygen atoms in total. The summed E-state index contributed by atoms with van der Waals surface area (Å²) in [7, 11) is 0. The summed E-state index contributed by atoms with van der Waals surface area (Å²) in [5, 5.41) is 16.2. The topological polar surface area (TPSA) is 101 Å². The van der Waals surface area contributed by atoms with E-state index in [1.165, 1.54) is 5.56 Å². The van der Waals surface area contributed by atoms with Crippen LogP contribution in [0.1, 0.15) is 63.1 Å². The molecule has 2 aromatic carbocycles. The molecule has 9 heteroatoms. The minimum absolute atomic E-state index is 0.0353. The molecule has 0 atom stereocenters. The third-order valence-electron chi connectivity index (χ3n) is 7.20. The number of carbonyl (C=O) groups is 2. The van der Waals surface area contributed by atoms with E-state index in [0.29, 0.717) is 31.4 Å². The number of carbonyl (C=O) groups excluding carboxylic acids is 2. The van der Waals surface area contributed by atoms with Crippen molar-refractivity contribution in [2.45, 2.75) is 62.9 Å². The number of amides is 2. The first-order valence-electron chi connectivity index (χ1n) is 12.8. The van der Waals surface area contributed by atoms with Gasteiger partial charge in [-0.05, 0) is 93.0 Å². The van der Waals surface area contributed by atoms with Gasteiger partial charge in [0.1, 0.15) is 22.9 Å². The lowest BCUT2D eigenvalue weighted by atomic mass is 9.90. The van der Waals surface area contributed by atoms with Crippen LogP contribution in [0.25, 0.3) is 0 Å². The summed E-state index contributed by atoms with van der Waals surface area (Å²) in [5.74, 6) is 0.227. The van der Waals surface area contributed by atoms with Crippen LogP contribution in [-0.4, -0.2) is 39.7 Å². The first-order valence-corrected chi connectivity index (χ1v) is 13.8. The molecule has 38 heavy (non-hydrogen) atoms. The molecule has 0 radical (unpaired) electrons. The Hall–Kier alpha value is -3.59. The van der Waals surface area contributed by atoms with Crippen LogP contribution in [0.4, 0.5) is 4.39 Å². The van der Waals surface area contributed by atoms with E-state index in [1.54, 1.807) is 23.9 Å². The van der Waals surface area contributed by atoms with Gasteiger partial charge in [0, 0.05) is 22.7 Å². The van der Waals surface area contributed by atoms with Gasteiger partial charge in [-0.3, -0.25) is 9.59 Å². The summed E-state index contributed by atoms with van der Waals surface area (Å²) in [6, 6.07) is 10.0.